The highest BCUT2D eigenvalue weighted by Gasteiger charge is 1.94. The monoisotopic (exact) mass is 233 g/mol. The van der Waals surface area contributed by atoms with Gasteiger partial charge >= 0.3 is 0 Å². The maximum absolute atomic E-state index is 4.09. The van der Waals surface area contributed by atoms with Crippen LogP contribution in [-0.2, 0) is 0 Å². The van der Waals surface area contributed by atoms with Gasteiger partial charge in [-0.25, -0.2) is 9.50 Å². The summed E-state index contributed by atoms with van der Waals surface area (Å²) in [6.07, 6.45) is 3.41. The van der Waals surface area contributed by atoms with Gasteiger partial charge in [-0.2, -0.15) is 5.10 Å². The predicted molar refractivity (Wildman–Crippen MR) is 70.1 cm³/mol. The summed E-state index contributed by atoms with van der Waals surface area (Å²) in [6, 6.07) is 12.0. The molecule has 1 aromatic carbocycles. The van der Waals surface area contributed by atoms with E-state index in [1.807, 2.05) is 30.5 Å². The molecule has 0 atom stereocenters. The summed E-state index contributed by atoms with van der Waals surface area (Å²) < 4.78 is 1.72. The second kappa shape index (κ2) is 4.34. The Labute approximate surface area is 105 Å². The van der Waals surface area contributed by atoms with Gasteiger partial charge in [0.25, 0.3) is 0 Å². The van der Waals surface area contributed by atoms with Gasteiger partial charge in [0, 0.05) is 17.3 Å². The van der Waals surface area contributed by atoms with Crippen molar-refractivity contribution in [2.24, 2.45) is 0 Å². The van der Waals surface area contributed by atoms with Gasteiger partial charge in [-0.1, -0.05) is 29.5 Å². The maximum atomic E-state index is 4.09. The third-order valence-electron chi connectivity index (χ3n) is 2.68. The number of aromatic nitrogens is 3. The Bertz CT molecular complexity index is 742. The van der Waals surface area contributed by atoms with Crippen molar-refractivity contribution in [3.05, 3.63) is 65.6 Å². The minimum atomic E-state index is 0.830. The number of fused-ring (bicyclic) bond motifs is 1. The molecule has 0 N–H and O–H groups in total. The number of benzene rings is 1. The molecule has 2 aromatic heterocycles. The zero-order valence-corrected chi connectivity index (χ0v) is 9.96. The van der Waals surface area contributed by atoms with E-state index in [0.717, 1.165) is 16.8 Å². The molecule has 0 spiro atoms. The van der Waals surface area contributed by atoms with Gasteiger partial charge in [0.1, 0.15) is 6.33 Å². The molecule has 3 heteroatoms. The normalized spacial score (nSPS) is 10.1. The molecule has 0 radical (unpaired) electrons. The minimum Gasteiger partial charge on any atom is -0.220 e. The number of hydrogen-bond acceptors (Lipinski definition) is 2. The molecule has 0 aliphatic rings. The quantitative estimate of drug-likeness (QED) is 0.558. The number of rotatable bonds is 0. The molecule has 3 rings (SSSR count). The fraction of sp³-hybridized carbons (Fsp3) is 0.0667. The molecule has 2 heterocycles. The molecule has 0 bridgehead atoms. The van der Waals surface area contributed by atoms with Gasteiger partial charge in [0.05, 0.1) is 0 Å². The lowest BCUT2D eigenvalue weighted by atomic mass is 10.1. The van der Waals surface area contributed by atoms with Crippen LogP contribution >= 0.6 is 0 Å². The number of pyridine rings is 1. The van der Waals surface area contributed by atoms with Gasteiger partial charge < -0.3 is 0 Å². The number of aryl methyl sites for hydroxylation is 1. The van der Waals surface area contributed by atoms with Gasteiger partial charge in [0.15, 0.2) is 5.65 Å². The first-order chi connectivity index (χ1) is 8.81. The minimum absolute atomic E-state index is 0.830. The smallest absolute Gasteiger partial charge is 0.155 e. The van der Waals surface area contributed by atoms with Crippen LogP contribution in [0.15, 0.2) is 48.9 Å². The molecule has 0 aliphatic heterocycles. The van der Waals surface area contributed by atoms with Crippen LogP contribution in [0.3, 0.4) is 0 Å². The molecule has 3 aromatic rings. The number of nitrogens with zero attached hydrogens (tertiary/aromatic N) is 3. The summed E-state index contributed by atoms with van der Waals surface area (Å²) >= 11 is 0. The van der Waals surface area contributed by atoms with Crippen LogP contribution in [0.25, 0.3) is 5.65 Å². The fourth-order valence-corrected chi connectivity index (χ4v) is 1.67. The zero-order chi connectivity index (χ0) is 12.4. The summed E-state index contributed by atoms with van der Waals surface area (Å²) in [6.45, 7) is 2.07. The van der Waals surface area contributed by atoms with Crippen molar-refractivity contribution in [3.8, 4) is 11.8 Å². The van der Waals surface area contributed by atoms with Crippen LogP contribution in [0.2, 0.25) is 0 Å². The molecular weight excluding hydrogens is 222 g/mol. The Hall–Kier alpha value is -2.60. The standard InChI is InChI=1S/C15H11N3/c1-12-2-4-13(5-3-12)6-7-14-8-9-15-16-11-17-18(15)10-14/h2-5,8-11H,1H3. The summed E-state index contributed by atoms with van der Waals surface area (Å²) in [5.74, 6) is 6.26. The second-order valence-electron chi connectivity index (χ2n) is 4.10. The summed E-state index contributed by atoms with van der Waals surface area (Å²) in [4.78, 5) is 4.09. The molecular formula is C15H11N3. The van der Waals surface area contributed by atoms with Crippen LogP contribution in [0.4, 0.5) is 0 Å². The van der Waals surface area contributed by atoms with Crippen LogP contribution in [0.5, 0.6) is 0 Å². The summed E-state index contributed by atoms with van der Waals surface area (Å²) in [5.41, 5.74) is 4.01. The van der Waals surface area contributed by atoms with E-state index >= 15 is 0 Å². The Morgan fingerprint density at radius 1 is 0.944 bits per heavy atom. The molecule has 0 amide bonds. The highest BCUT2D eigenvalue weighted by molar-refractivity contribution is 5.46. The summed E-state index contributed by atoms with van der Waals surface area (Å²) in [5, 5.41) is 4.08. The molecule has 0 saturated heterocycles. The first-order valence-corrected chi connectivity index (χ1v) is 5.69. The van der Waals surface area contributed by atoms with E-state index in [2.05, 4.69) is 41.0 Å². The Kier molecular flexibility index (Phi) is 2.54. The van der Waals surface area contributed by atoms with Crippen molar-refractivity contribution in [1.82, 2.24) is 14.6 Å². The Morgan fingerprint density at radius 2 is 1.67 bits per heavy atom. The van der Waals surface area contributed by atoms with Crippen molar-refractivity contribution in [2.45, 2.75) is 6.92 Å². The van der Waals surface area contributed by atoms with E-state index < -0.39 is 0 Å². The molecule has 3 nitrogen and oxygen atoms in total. The molecule has 18 heavy (non-hydrogen) atoms. The number of hydrogen-bond donors (Lipinski definition) is 0. The highest BCUT2D eigenvalue weighted by Crippen LogP contribution is 2.04. The van der Waals surface area contributed by atoms with Crippen molar-refractivity contribution in [3.63, 3.8) is 0 Å². The zero-order valence-electron chi connectivity index (χ0n) is 9.96. The van der Waals surface area contributed by atoms with Crippen molar-refractivity contribution >= 4 is 5.65 Å². The molecule has 0 aliphatic carbocycles. The lowest BCUT2D eigenvalue weighted by Gasteiger charge is -1.93. The molecule has 0 fully saturated rings. The van der Waals surface area contributed by atoms with Gasteiger partial charge in [0.2, 0.25) is 0 Å². The lowest BCUT2D eigenvalue weighted by molar-refractivity contribution is 0.958. The van der Waals surface area contributed by atoms with E-state index in [0.29, 0.717) is 0 Å². The first-order valence-electron chi connectivity index (χ1n) is 5.69. The Balaban J connectivity index is 1.94. The van der Waals surface area contributed by atoms with E-state index in [1.54, 1.807) is 4.52 Å². The van der Waals surface area contributed by atoms with Crippen molar-refractivity contribution in [2.75, 3.05) is 0 Å². The average Bonchev–Trinajstić information content (AvgIpc) is 2.85. The predicted octanol–water partition coefficient (Wildman–Crippen LogP) is 2.44. The largest absolute Gasteiger partial charge is 0.220 e. The van der Waals surface area contributed by atoms with Crippen molar-refractivity contribution < 1.29 is 0 Å². The molecule has 0 unspecified atom stereocenters. The van der Waals surface area contributed by atoms with E-state index in [-0.39, 0.29) is 0 Å². The van der Waals surface area contributed by atoms with Crippen LogP contribution in [0.1, 0.15) is 16.7 Å². The fourth-order valence-electron chi connectivity index (χ4n) is 1.67. The van der Waals surface area contributed by atoms with E-state index in [4.69, 9.17) is 0 Å². The lowest BCUT2D eigenvalue weighted by Crippen LogP contribution is -1.88. The van der Waals surface area contributed by atoms with Gasteiger partial charge in [-0.15, -0.1) is 0 Å². The summed E-state index contributed by atoms with van der Waals surface area (Å²) in [7, 11) is 0. The molecule has 0 saturated carbocycles. The van der Waals surface area contributed by atoms with Crippen molar-refractivity contribution in [1.29, 1.82) is 0 Å². The van der Waals surface area contributed by atoms with E-state index in [1.165, 1.54) is 11.9 Å². The third-order valence-corrected chi connectivity index (χ3v) is 2.68. The third kappa shape index (κ3) is 2.09. The average molecular weight is 233 g/mol. The van der Waals surface area contributed by atoms with Crippen LogP contribution in [0, 0.1) is 18.8 Å². The second-order valence-corrected chi connectivity index (χ2v) is 4.10. The highest BCUT2D eigenvalue weighted by atomic mass is 15.3. The van der Waals surface area contributed by atoms with Crippen LogP contribution in [-0.4, -0.2) is 14.6 Å². The van der Waals surface area contributed by atoms with Gasteiger partial charge in [-0.3, -0.25) is 0 Å². The Morgan fingerprint density at radius 3 is 2.50 bits per heavy atom. The topological polar surface area (TPSA) is 30.2 Å². The van der Waals surface area contributed by atoms with E-state index in [9.17, 15) is 0 Å². The van der Waals surface area contributed by atoms with Crippen LogP contribution < -0.4 is 0 Å². The molecule has 86 valence electrons. The SMILES string of the molecule is Cc1ccc(C#Cc2ccc3ncnn3c2)cc1. The van der Waals surface area contributed by atoms with Gasteiger partial charge in [-0.05, 0) is 31.2 Å². The first kappa shape index (κ1) is 10.5. The maximum Gasteiger partial charge on any atom is 0.155 e.